The van der Waals surface area contributed by atoms with Crippen LogP contribution < -0.4 is 5.32 Å². The number of aryl methyl sites for hydroxylation is 1. The van der Waals surface area contributed by atoms with E-state index in [1.54, 1.807) is 0 Å². The predicted molar refractivity (Wildman–Crippen MR) is 89.8 cm³/mol. The highest BCUT2D eigenvalue weighted by Gasteiger charge is 2.19. The van der Waals surface area contributed by atoms with Gasteiger partial charge in [0.1, 0.15) is 5.82 Å². The molecule has 1 atom stereocenters. The van der Waals surface area contributed by atoms with E-state index in [2.05, 4.69) is 57.7 Å². The highest BCUT2D eigenvalue weighted by atomic mass is 32.2. The molecule has 106 valence electrons. The molecule has 2 N–H and O–H groups in total. The predicted octanol–water partition coefficient (Wildman–Crippen LogP) is 4.27. The maximum Gasteiger partial charge on any atom is 0.104 e. The molecule has 4 heteroatoms. The van der Waals surface area contributed by atoms with E-state index < -0.39 is 0 Å². The molecule has 3 nitrogen and oxygen atoms in total. The molecule has 1 aromatic heterocycles. The van der Waals surface area contributed by atoms with E-state index in [1.807, 2.05) is 18.7 Å². The number of aromatic nitrogens is 2. The van der Waals surface area contributed by atoms with Crippen molar-refractivity contribution in [1.29, 1.82) is 0 Å². The number of anilines is 1. The van der Waals surface area contributed by atoms with Crippen molar-refractivity contribution in [2.45, 2.75) is 18.7 Å². The van der Waals surface area contributed by atoms with Gasteiger partial charge < -0.3 is 10.3 Å². The van der Waals surface area contributed by atoms with Gasteiger partial charge in [-0.1, -0.05) is 24.3 Å². The molecule has 0 fully saturated rings. The van der Waals surface area contributed by atoms with Gasteiger partial charge in [0.15, 0.2) is 0 Å². The minimum atomic E-state index is 0.376. The van der Waals surface area contributed by atoms with Gasteiger partial charge in [0.2, 0.25) is 0 Å². The average Bonchev–Trinajstić information content (AvgIpc) is 2.87. The van der Waals surface area contributed by atoms with Crippen molar-refractivity contribution in [2.75, 3.05) is 11.1 Å². The van der Waals surface area contributed by atoms with E-state index in [0.717, 1.165) is 34.1 Å². The van der Waals surface area contributed by atoms with Crippen LogP contribution >= 0.6 is 11.8 Å². The van der Waals surface area contributed by atoms with E-state index in [0.29, 0.717) is 6.04 Å². The Morgan fingerprint density at radius 1 is 1.24 bits per heavy atom. The first-order chi connectivity index (χ1) is 10.3. The van der Waals surface area contributed by atoms with Crippen LogP contribution in [0.15, 0.2) is 42.5 Å². The molecule has 0 spiro atoms. The zero-order chi connectivity index (χ0) is 14.2. The first kappa shape index (κ1) is 12.8. The summed E-state index contributed by atoms with van der Waals surface area (Å²) in [4.78, 5) is 7.75. The Labute approximate surface area is 128 Å². The fraction of sp³-hybridized carbons (Fsp3) is 0.235. The van der Waals surface area contributed by atoms with Crippen LogP contribution in [0, 0.1) is 6.92 Å². The van der Waals surface area contributed by atoms with E-state index in [-0.39, 0.29) is 0 Å². The number of thioether (sulfide) groups is 1. The number of H-pyrrole nitrogens is 1. The van der Waals surface area contributed by atoms with Gasteiger partial charge in [-0.25, -0.2) is 4.98 Å². The molecule has 2 heterocycles. The van der Waals surface area contributed by atoms with Crippen LogP contribution in [0.5, 0.6) is 0 Å². The van der Waals surface area contributed by atoms with Crippen LogP contribution in [0.3, 0.4) is 0 Å². The van der Waals surface area contributed by atoms with Crippen molar-refractivity contribution in [3.8, 4) is 0 Å². The highest BCUT2D eigenvalue weighted by molar-refractivity contribution is 7.98. The quantitative estimate of drug-likeness (QED) is 0.741. The SMILES string of the molecule is Cc1nc2ccc(NC3CSCc4ccccc43)cc2[nH]1. The third kappa shape index (κ3) is 2.40. The smallest absolute Gasteiger partial charge is 0.104 e. The summed E-state index contributed by atoms with van der Waals surface area (Å²) in [6.07, 6.45) is 0. The molecule has 1 unspecified atom stereocenters. The summed E-state index contributed by atoms with van der Waals surface area (Å²) >= 11 is 1.99. The number of hydrogen-bond acceptors (Lipinski definition) is 3. The minimum Gasteiger partial charge on any atom is -0.377 e. The zero-order valence-electron chi connectivity index (χ0n) is 11.9. The molecule has 0 amide bonds. The summed E-state index contributed by atoms with van der Waals surface area (Å²) in [6, 6.07) is 15.4. The molecular formula is C17H17N3S. The van der Waals surface area contributed by atoms with Crippen LogP contribution in [0.1, 0.15) is 23.0 Å². The molecule has 0 radical (unpaired) electrons. The van der Waals surface area contributed by atoms with Crippen LogP contribution in [0.25, 0.3) is 11.0 Å². The van der Waals surface area contributed by atoms with Gasteiger partial charge in [-0.15, -0.1) is 0 Å². The second-order valence-corrected chi connectivity index (χ2v) is 6.50. The lowest BCUT2D eigenvalue weighted by atomic mass is 10.0. The van der Waals surface area contributed by atoms with Gasteiger partial charge in [-0.05, 0) is 36.2 Å². The van der Waals surface area contributed by atoms with Crippen LogP contribution in [0.4, 0.5) is 5.69 Å². The summed E-state index contributed by atoms with van der Waals surface area (Å²) in [5.41, 5.74) is 6.14. The lowest BCUT2D eigenvalue weighted by molar-refractivity contribution is 0.871. The second kappa shape index (κ2) is 5.11. The first-order valence-electron chi connectivity index (χ1n) is 7.18. The number of nitrogens with one attached hydrogen (secondary N) is 2. The van der Waals surface area contributed by atoms with E-state index in [9.17, 15) is 0 Å². The largest absolute Gasteiger partial charge is 0.377 e. The molecule has 0 saturated carbocycles. The molecule has 2 aromatic carbocycles. The minimum absolute atomic E-state index is 0.376. The Hall–Kier alpha value is -1.94. The van der Waals surface area contributed by atoms with Crippen molar-refractivity contribution in [2.24, 2.45) is 0 Å². The monoisotopic (exact) mass is 295 g/mol. The Balaban J connectivity index is 1.65. The molecule has 3 aromatic rings. The van der Waals surface area contributed by atoms with Gasteiger partial charge in [0.25, 0.3) is 0 Å². The number of rotatable bonds is 2. The molecule has 0 saturated heterocycles. The van der Waals surface area contributed by atoms with E-state index >= 15 is 0 Å². The fourth-order valence-electron chi connectivity index (χ4n) is 2.93. The lowest BCUT2D eigenvalue weighted by Crippen LogP contribution is -2.18. The molecule has 21 heavy (non-hydrogen) atoms. The number of benzene rings is 2. The number of imidazole rings is 1. The van der Waals surface area contributed by atoms with Crippen LogP contribution in [-0.2, 0) is 5.75 Å². The van der Waals surface area contributed by atoms with Crippen LogP contribution in [-0.4, -0.2) is 15.7 Å². The normalized spacial score (nSPS) is 17.7. The third-order valence-electron chi connectivity index (χ3n) is 3.91. The molecule has 1 aliphatic heterocycles. The van der Waals surface area contributed by atoms with Crippen molar-refractivity contribution >= 4 is 28.5 Å². The van der Waals surface area contributed by atoms with Crippen molar-refractivity contribution in [3.63, 3.8) is 0 Å². The second-order valence-electron chi connectivity index (χ2n) is 5.47. The average molecular weight is 295 g/mol. The van der Waals surface area contributed by atoms with E-state index in [1.165, 1.54) is 11.1 Å². The third-order valence-corrected chi connectivity index (χ3v) is 5.00. The number of nitrogens with zero attached hydrogens (tertiary/aromatic N) is 1. The molecule has 0 bridgehead atoms. The Bertz CT molecular complexity index is 794. The van der Waals surface area contributed by atoms with Gasteiger partial charge >= 0.3 is 0 Å². The Morgan fingerprint density at radius 2 is 2.14 bits per heavy atom. The molecule has 0 aliphatic carbocycles. The molecular weight excluding hydrogens is 278 g/mol. The summed E-state index contributed by atoms with van der Waals surface area (Å²) in [6.45, 7) is 1.99. The maximum atomic E-state index is 4.45. The van der Waals surface area contributed by atoms with Crippen molar-refractivity contribution in [1.82, 2.24) is 9.97 Å². The van der Waals surface area contributed by atoms with Crippen molar-refractivity contribution < 1.29 is 0 Å². The summed E-state index contributed by atoms with van der Waals surface area (Å²) in [7, 11) is 0. The maximum absolute atomic E-state index is 4.45. The summed E-state index contributed by atoms with van der Waals surface area (Å²) in [5.74, 6) is 3.19. The zero-order valence-corrected chi connectivity index (χ0v) is 12.7. The lowest BCUT2D eigenvalue weighted by Gasteiger charge is -2.26. The summed E-state index contributed by atoms with van der Waals surface area (Å²) in [5, 5.41) is 3.67. The topological polar surface area (TPSA) is 40.7 Å². The first-order valence-corrected chi connectivity index (χ1v) is 8.33. The van der Waals surface area contributed by atoms with Crippen LogP contribution in [0.2, 0.25) is 0 Å². The molecule has 1 aliphatic rings. The standard InChI is InChI=1S/C17H17N3S/c1-11-18-15-7-6-13(8-16(15)19-11)20-17-10-21-9-12-4-2-3-5-14(12)17/h2-8,17,20H,9-10H2,1H3,(H,18,19). The number of fused-ring (bicyclic) bond motifs is 2. The number of aromatic amines is 1. The van der Waals surface area contributed by atoms with Gasteiger partial charge in [-0.2, -0.15) is 11.8 Å². The van der Waals surface area contributed by atoms with Crippen molar-refractivity contribution in [3.05, 3.63) is 59.4 Å². The fourth-order valence-corrected chi connectivity index (χ4v) is 4.03. The highest BCUT2D eigenvalue weighted by Crippen LogP contribution is 2.34. The Kier molecular flexibility index (Phi) is 3.11. The van der Waals surface area contributed by atoms with Gasteiger partial charge in [0.05, 0.1) is 17.1 Å². The summed E-state index contributed by atoms with van der Waals surface area (Å²) < 4.78 is 0. The van der Waals surface area contributed by atoms with E-state index in [4.69, 9.17) is 0 Å². The number of hydrogen-bond donors (Lipinski definition) is 2. The molecule has 4 rings (SSSR count). The Morgan fingerprint density at radius 3 is 3.10 bits per heavy atom. The van der Waals surface area contributed by atoms with Gasteiger partial charge in [0, 0.05) is 17.2 Å². The van der Waals surface area contributed by atoms with Gasteiger partial charge in [-0.3, -0.25) is 0 Å².